The van der Waals surface area contributed by atoms with Gasteiger partial charge < -0.3 is 25.5 Å². The fraction of sp³-hybridized carbons (Fsp3) is 0.667. The maximum absolute atomic E-state index is 12.9. The first-order valence-electron chi connectivity index (χ1n) is 10.7. The molecular formula is C21H31N7O. The zero-order valence-corrected chi connectivity index (χ0v) is 17.2. The standard InChI is InChI=1S/C21H31N7O/c1-27-5-3-23-18(27)17(19-24-4-6-28(19)2)26-20(29)25-12-21(22)15-8-13-7-14(10-15)11-16(21)9-13/h3-6,13-17H,7-12,22H2,1-2H3,(H2,25,26,29). The summed E-state index contributed by atoms with van der Waals surface area (Å²) in [4.78, 5) is 21.8. The van der Waals surface area contributed by atoms with E-state index in [1.165, 1.54) is 32.1 Å². The van der Waals surface area contributed by atoms with Gasteiger partial charge in [-0.2, -0.15) is 0 Å². The van der Waals surface area contributed by atoms with Crippen LogP contribution >= 0.6 is 0 Å². The highest BCUT2D eigenvalue weighted by Crippen LogP contribution is 2.57. The van der Waals surface area contributed by atoms with E-state index in [4.69, 9.17) is 5.73 Å². The predicted octanol–water partition coefficient (Wildman–Crippen LogP) is 1.70. The Hall–Kier alpha value is -2.35. The van der Waals surface area contributed by atoms with Crippen LogP contribution in [0, 0.1) is 23.7 Å². The highest BCUT2D eigenvalue weighted by molar-refractivity contribution is 5.74. The first-order valence-corrected chi connectivity index (χ1v) is 10.7. The summed E-state index contributed by atoms with van der Waals surface area (Å²) >= 11 is 0. The van der Waals surface area contributed by atoms with Gasteiger partial charge in [0.25, 0.3) is 0 Å². The Bertz CT molecular complexity index is 832. The van der Waals surface area contributed by atoms with Crippen LogP contribution in [0.1, 0.15) is 49.8 Å². The summed E-state index contributed by atoms with van der Waals surface area (Å²) in [7, 11) is 3.84. The Morgan fingerprint density at radius 3 is 2.03 bits per heavy atom. The molecular weight excluding hydrogens is 366 g/mol. The number of amides is 2. The number of carbonyl (C=O) groups excluding carboxylic acids is 1. The second-order valence-electron chi connectivity index (χ2n) is 9.47. The van der Waals surface area contributed by atoms with Gasteiger partial charge in [0.05, 0.1) is 0 Å². The van der Waals surface area contributed by atoms with Crippen LogP contribution in [0.4, 0.5) is 4.79 Å². The van der Waals surface area contributed by atoms with Crippen LogP contribution < -0.4 is 16.4 Å². The van der Waals surface area contributed by atoms with E-state index in [0.29, 0.717) is 18.4 Å². The molecule has 4 saturated carbocycles. The SMILES string of the molecule is Cn1ccnc1C(NC(=O)NCC1(N)C2CC3CC(C2)CC1C3)c1nccn1C. The van der Waals surface area contributed by atoms with Crippen LogP contribution in [0.3, 0.4) is 0 Å². The molecule has 8 nitrogen and oxygen atoms in total. The molecule has 156 valence electrons. The lowest BCUT2D eigenvalue weighted by molar-refractivity contribution is -0.0529. The van der Waals surface area contributed by atoms with Gasteiger partial charge in [0.1, 0.15) is 17.7 Å². The van der Waals surface area contributed by atoms with Gasteiger partial charge in [-0.1, -0.05) is 0 Å². The zero-order chi connectivity index (χ0) is 20.2. The molecule has 0 aliphatic heterocycles. The molecule has 2 amide bonds. The van der Waals surface area contributed by atoms with E-state index in [2.05, 4.69) is 20.6 Å². The molecule has 6 rings (SSSR count). The third kappa shape index (κ3) is 3.13. The van der Waals surface area contributed by atoms with E-state index < -0.39 is 6.04 Å². The minimum Gasteiger partial charge on any atom is -0.336 e. The van der Waals surface area contributed by atoms with Gasteiger partial charge in [0.15, 0.2) is 0 Å². The first-order chi connectivity index (χ1) is 13.9. The lowest BCUT2D eigenvalue weighted by Crippen LogP contribution is -2.67. The summed E-state index contributed by atoms with van der Waals surface area (Å²) < 4.78 is 3.81. The third-order valence-electron chi connectivity index (χ3n) is 7.72. The second kappa shape index (κ2) is 6.86. The summed E-state index contributed by atoms with van der Waals surface area (Å²) in [6.07, 6.45) is 13.5. The Balaban J connectivity index is 1.29. The van der Waals surface area contributed by atoms with E-state index in [1.807, 2.05) is 35.6 Å². The van der Waals surface area contributed by atoms with Crippen molar-refractivity contribution in [2.75, 3.05) is 6.54 Å². The number of nitrogens with two attached hydrogens (primary N) is 1. The van der Waals surface area contributed by atoms with Gasteiger partial charge in [-0.15, -0.1) is 0 Å². The van der Waals surface area contributed by atoms with Crippen molar-refractivity contribution in [3.05, 3.63) is 36.4 Å². The van der Waals surface area contributed by atoms with E-state index in [9.17, 15) is 4.79 Å². The highest BCUT2D eigenvalue weighted by Gasteiger charge is 2.55. The topological polar surface area (TPSA) is 103 Å². The van der Waals surface area contributed by atoms with Crippen LogP contribution in [0.25, 0.3) is 0 Å². The average Bonchev–Trinajstić information content (AvgIpc) is 3.30. The smallest absolute Gasteiger partial charge is 0.315 e. The van der Waals surface area contributed by atoms with Gasteiger partial charge in [-0.05, 0) is 55.8 Å². The van der Waals surface area contributed by atoms with Crippen molar-refractivity contribution in [3.8, 4) is 0 Å². The van der Waals surface area contributed by atoms with Gasteiger partial charge >= 0.3 is 6.03 Å². The molecule has 2 aromatic rings. The maximum atomic E-state index is 12.9. The molecule has 4 aliphatic carbocycles. The number of imidazole rings is 2. The monoisotopic (exact) mass is 397 g/mol. The Labute approximate surface area is 171 Å². The number of carbonyl (C=O) groups is 1. The van der Waals surface area contributed by atoms with Gasteiger partial charge in [-0.25, -0.2) is 14.8 Å². The van der Waals surface area contributed by atoms with Crippen molar-refractivity contribution in [1.82, 2.24) is 29.7 Å². The van der Waals surface area contributed by atoms with Crippen molar-refractivity contribution < 1.29 is 4.79 Å². The van der Waals surface area contributed by atoms with Gasteiger partial charge in [0, 0.05) is 51.0 Å². The second-order valence-corrected chi connectivity index (χ2v) is 9.47. The molecule has 2 heterocycles. The Morgan fingerprint density at radius 2 is 1.59 bits per heavy atom. The fourth-order valence-electron chi connectivity index (χ4n) is 6.32. The summed E-state index contributed by atoms with van der Waals surface area (Å²) in [5.74, 6) is 4.29. The van der Waals surface area contributed by atoms with Crippen LogP contribution in [-0.2, 0) is 14.1 Å². The molecule has 4 bridgehead atoms. The molecule has 4 N–H and O–H groups in total. The van der Waals surface area contributed by atoms with E-state index in [1.54, 1.807) is 12.4 Å². The van der Waals surface area contributed by atoms with Crippen molar-refractivity contribution in [3.63, 3.8) is 0 Å². The lowest BCUT2D eigenvalue weighted by atomic mass is 9.49. The number of hydrogen-bond acceptors (Lipinski definition) is 4. The number of rotatable bonds is 5. The minimum atomic E-state index is -0.428. The molecule has 0 atom stereocenters. The van der Waals surface area contributed by atoms with Crippen LogP contribution in [0.2, 0.25) is 0 Å². The summed E-state index contributed by atoms with van der Waals surface area (Å²) in [5, 5.41) is 6.17. The maximum Gasteiger partial charge on any atom is 0.315 e. The highest BCUT2D eigenvalue weighted by atomic mass is 16.2. The molecule has 0 unspecified atom stereocenters. The van der Waals surface area contributed by atoms with Crippen molar-refractivity contribution >= 4 is 6.03 Å². The Morgan fingerprint density at radius 1 is 1.07 bits per heavy atom. The zero-order valence-electron chi connectivity index (χ0n) is 17.2. The first kappa shape index (κ1) is 18.7. The van der Waals surface area contributed by atoms with Crippen LogP contribution in [-0.4, -0.2) is 37.2 Å². The number of urea groups is 1. The Kier molecular flexibility index (Phi) is 4.42. The molecule has 0 radical (unpaired) electrons. The molecule has 0 saturated heterocycles. The van der Waals surface area contributed by atoms with Gasteiger partial charge in [0.2, 0.25) is 0 Å². The molecule has 8 heteroatoms. The van der Waals surface area contributed by atoms with Crippen molar-refractivity contribution in [2.24, 2.45) is 43.5 Å². The summed E-state index contributed by atoms with van der Waals surface area (Å²) in [6.45, 7) is 0.529. The third-order valence-corrected chi connectivity index (χ3v) is 7.72. The molecule has 0 spiro atoms. The van der Waals surface area contributed by atoms with Crippen LogP contribution in [0.5, 0.6) is 0 Å². The van der Waals surface area contributed by atoms with Crippen molar-refractivity contribution in [1.29, 1.82) is 0 Å². The quantitative estimate of drug-likeness (QED) is 0.714. The fourth-order valence-corrected chi connectivity index (χ4v) is 6.32. The number of nitrogens with one attached hydrogen (secondary N) is 2. The summed E-state index contributed by atoms with van der Waals surface area (Å²) in [6, 6.07) is -0.651. The number of nitrogens with zero attached hydrogens (tertiary/aromatic N) is 4. The van der Waals surface area contributed by atoms with Gasteiger partial charge in [-0.3, -0.25) is 0 Å². The molecule has 4 fully saturated rings. The molecule has 29 heavy (non-hydrogen) atoms. The van der Waals surface area contributed by atoms with E-state index >= 15 is 0 Å². The number of hydrogen-bond donors (Lipinski definition) is 3. The van der Waals surface area contributed by atoms with Crippen molar-refractivity contribution in [2.45, 2.75) is 43.7 Å². The predicted molar refractivity (Wildman–Crippen MR) is 109 cm³/mol. The molecule has 2 aromatic heterocycles. The largest absolute Gasteiger partial charge is 0.336 e. The normalized spacial score (nSPS) is 32.7. The lowest BCUT2D eigenvalue weighted by Gasteiger charge is -2.59. The minimum absolute atomic E-state index is 0.223. The van der Waals surface area contributed by atoms with E-state index in [-0.39, 0.29) is 11.6 Å². The number of aromatic nitrogens is 4. The average molecular weight is 398 g/mol. The summed E-state index contributed by atoms with van der Waals surface area (Å²) in [5.41, 5.74) is 6.66. The van der Waals surface area contributed by atoms with Crippen LogP contribution in [0.15, 0.2) is 24.8 Å². The molecule has 4 aliphatic rings. The number of aryl methyl sites for hydroxylation is 2. The molecule has 0 aromatic carbocycles. The van der Waals surface area contributed by atoms with E-state index in [0.717, 1.165) is 23.5 Å².